The molecule has 23 heavy (non-hydrogen) atoms. The summed E-state index contributed by atoms with van der Waals surface area (Å²) >= 11 is -0.826. The third-order valence-electron chi connectivity index (χ3n) is 4.29. The number of halogens is 2. The van der Waals surface area contributed by atoms with Crippen molar-refractivity contribution in [3.63, 3.8) is 0 Å². The zero-order valence-electron chi connectivity index (χ0n) is 14.9. The van der Waals surface area contributed by atoms with Gasteiger partial charge in [-0.2, -0.15) is 0 Å². The van der Waals surface area contributed by atoms with Crippen LogP contribution in [-0.4, -0.2) is 13.4 Å². The van der Waals surface area contributed by atoms with E-state index < -0.39 is 20.8 Å². The molecule has 5 heteroatoms. The summed E-state index contributed by atoms with van der Waals surface area (Å²) in [6.07, 6.45) is 22.4. The summed E-state index contributed by atoms with van der Waals surface area (Å²) in [4.78, 5) is 0. The van der Waals surface area contributed by atoms with Crippen molar-refractivity contribution in [1.82, 2.24) is 0 Å². The summed E-state index contributed by atoms with van der Waals surface area (Å²) < 4.78 is 0. The second-order valence-corrected chi connectivity index (χ2v) is 9.27. The molecule has 2 aliphatic carbocycles. The van der Waals surface area contributed by atoms with E-state index in [0.717, 1.165) is 13.4 Å². The van der Waals surface area contributed by atoms with Crippen LogP contribution in [0.25, 0.3) is 0 Å². The monoisotopic (exact) mass is 426 g/mol. The van der Waals surface area contributed by atoms with Gasteiger partial charge in [-0.05, 0) is 63.0 Å². The molecule has 2 saturated carbocycles. The molecular weight excluding hydrogens is 400 g/mol. The molecule has 0 heterocycles. The van der Waals surface area contributed by atoms with Gasteiger partial charge < -0.3 is 0 Å². The van der Waals surface area contributed by atoms with Gasteiger partial charge in [0.1, 0.15) is 13.4 Å². The summed E-state index contributed by atoms with van der Waals surface area (Å²) in [5, 5.41) is 0. The Balaban J connectivity index is 0.000000360. The molecule has 0 N–H and O–H groups in total. The molecule has 2 aliphatic rings. The van der Waals surface area contributed by atoms with Gasteiger partial charge in [-0.1, -0.05) is 53.0 Å². The van der Waals surface area contributed by atoms with E-state index in [-0.39, 0.29) is 0 Å². The Labute approximate surface area is 166 Å². The Hall–Kier alpha value is 1.59. The molecule has 2 fully saturated rings. The predicted octanol–water partition coefficient (Wildman–Crippen LogP) is 6.31. The second-order valence-electron chi connectivity index (χ2n) is 5.53. The van der Waals surface area contributed by atoms with Crippen molar-refractivity contribution in [2.45, 2.75) is 53.0 Å². The van der Waals surface area contributed by atoms with E-state index in [4.69, 9.17) is 17.0 Å². The van der Waals surface area contributed by atoms with Crippen LogP contribution in [0.4, 0.5) is 0 Å². The van der Waals surface area contributed by atoms with Gasteiger partial charge in [0.25, 0.3) is 0 Å². The van der Waals surface area contributed by atoms with Crippen LogP contribution in [0.1, 0.15) is 27.7 Å². The number of hydrogen-bond acceptors (Lipinski definition) is 0. The molecule has 2 rings (SSSR count). The topological polar surface area (TPSA) is 0 Å². The molecule has 122 valence electrons. The Morgan fingerprint density at radius 3 is 1.04 bits per heavy atom. The standard InChI is InChI=1S/2C9H14B.2ClH.Zr/c2*1-3-10(4-2)9-7-5-6-8-9;;;/h2*5-8H,3-4H2,1-2H3;2*1H;/q;;;;+4/p-2. The normalized spacial score (nSPS) is 17.7. The molecule has 0 aromatic rings. The minimum absolute atomic E-state index is 0.787. The van der Waals surface area contributed by atoms with Crippen LogP contribution in [0, 0.1) is 63.0 Å². The van der Waals surface area contributed by atoms with Crippen molar-refractivity contribution in [3.8, 4) is 0 Å². The van der Waals surface area contributed by atoms with Crippen LogP contribution < -0.4 is 0 Å². The molecule has 0 spiro atoms. The van der Waals surface area contributed by atoms with Gasteiger partial charge in [0.15, 0.2) is 0 Å². The number of hydrogen-bond donors (Lipinski definition) is 0. The van der Waals surface area contributed by atoms with Crippen molar-refractivity contribution < 1.29 is 20.8 Å². The van der Waals surface area contributed by atoms with Gasteiger partial charge in [-0.15, -0.1) is 0 Å². The van der Waals surface area contributed by atoms with Gasteiger partial charge in [-0.3, -0.25) is 0 Å². The van der Waals surface area contributed by atoms with Gasteiger partial charge in [0, 0.05) is 0 Å². The fraction of sp³-hybridized carbons (Fsp3) is 0.444. The minimum atomic E-state index is -0.826. The Morgan fingerprint density at radius 1 is 0.652 bits per heavy atom. The zero-order valence-corrected chi connectivity index (χ0v) is 18.8. The van der Waals surface area contributed by atoms with E-state index >= 15 is 0 Å². The average molecular weight is 428 g/mol. The second kappa shape index (κ2) is 17.0. The molecule has 0 amide bonds. The Morgan fingerprint density at radius 2 is 0.870 bits per heavy atom. The van der Waals surface area contributed by atoms with Crippen molar-refractivity contribution >= 4 is 30.5 Å². The first-order valence-corrected chi connectivity index (χ1v) is 14.9. The first kappa shape index (κ1) is 24.6. The van der Waals surface area contributed by atoms with E-state index in [2.05, 4.69) is 79.1 Å². The van der Waals surface area contributed by atoms with E-state index in [0.29, 0.717) is 0 Å². The van der Waals surface area contributed by atoms with Crippen molar-refractivity contribution in [2.24, 2.45) is 0 Å². The van der Waals surface area contributed by atoms with Crippen LogP contribution >= 0.6 is 17.0 Å². The molecular formula is C18H28B2Cl2Zr+2. The molecule has 0 aromatic heterocycles. The third kappa shape index (κ3) is 11.0. The van der Waals surface area contributed by atoms with Crippen LogP contribution in [-0.2, 0) is 20.8 Å². The van der Waals surface area contributed by atoms with Crippen molar-refractivity contribution in [1.29, 1.82) is 0 Å². The summed E-state index contributed by atoms with van der Waals surface area (Å²) in [6, 6.07) is 0. The molecule has 0 aromatic carbocycles. The SMILES string of the molecule is CCB(CC)[C]1[CH][CH][CH][CH]1.CCB(CC)[C]1[CH][CH][CH][CH]1.[Cl][Zr+2][Cl]. The Kier molecular flexibility index (Phi) is 18.2. The summed E-state index contributed by atoms with van der Waals surface area (Å²) in [7, 11) is 9.87. The van der Waals surface area contributed by atoms with Gasteiger partial charge >= 0.3 is 37.9 Å². The number of rotatable bonds is 6. The van der Waals surface area contributed by atoms with Crippen LogP contribution in [0.2, 0.25) is 25.3 Å². The van der Waals surface area contributed by atoms with E-state index in [1.165, 1.54) is 36.9 Å². The first-order chi connectivity index (χ1) is 11.2. The predicted molar refractivity (Wildman–Crippen MR) is 106 cm³/mol. The molecule has 0 nitrogen and oxygen atoms in total. The maximum atomic E-state index is 4.93. The molecule has 0 aliphatic heterocycles. The van der Waals surface area contributed by atoms with E-state index in [1.807, 2.05) is 0 Å². The first-order valence-electron chi connectivity index (χ1n) is 8.57. The van der Waals surface area contributed by atoms with Crippen LogP contribution in [0.3, 0.4) is 0 Å². The molecule has 0 saturated heterocycles. The maximum absolute atomic E-state index is 4.93. The van der Waals surface area contributed by atoms with Crippen molar-refractivity contribution in [2.75, 3.05) is 0 Å². The summed E-state index contributed by atoms with van der Waals surface area (Å²) in [6.45, 7) is 10.6. The molecule has 0 bridgehead atoms. The molecule has 0 unspecified atom stereocenters. The van der Waals surface area contributed by atoms with Gasteiger partial charge in [-0.25, -0.2) is 0 Å². The Bertz CT molecular complexity index is 213. The van der Waals surface area contributed by atoms with Crippen LogP contribution in [0.15, 0.2) is 0 Å². The fourth-order valence-electron chi connectivity index (χ4n) is 2.84. The molecule has 10 radical (unpaired) electrons. The summed E-state index contributed by atoms with van der Waals surface area (Å²) in [5.41, 5.74) is 0. The molecule has 0 atom stereocenters. The fourth-order valence-corrected chi connectivity index (χ4v) is 2.84. The van der Waals surface area contributed by atoms with E-state index in [9.17, 15) is 0 Å². The van der Waals surface area contributed by atoms with Crippen molar-refractivity contribution in [3.05, 3.63) is 63.0 Å². The summed E-state index contributed by atoms with van der Waals surface area (Å²) in [5.74, 6) is 3.01. The van der Waals surface area contributed by atoms with Crippen LogP contribution in [0.5, 0.6) is 0 Å². The van der Waals surface area contributed by atoms with Gasteiger partial charge in [0.05, 0.1) is 0 Å². The van der Waals surface area contributed by atoms with Gasteiger partial charge in [0.2, 0.25) is 0 Å². The quantitative estimate of drug-likeness (QED) is 0.436. The average Bonchev–Trinajstić information content (AvgIpc) is 3.25. The van der Waals surface area contributed by atoms with E-state index in [1.54, 1.807) is 0 Å². The third-order valence-corrected chi connectivity index (χ3v) is 4.29. The zero-order chi connectivity index (χ0) is 17.5.